The lowest BCUT2D eigenvalue weighted by Gasteiger charge is -2.35. The number of hydrogen-bond donors (Lipinski definition) is 1. The average molecular weight is 232 g/mol. The van der Waals surface area contributed by atoms with Crippen LogP contribution in [0.25, 0.3) is 0 Å². The van der Waals surface area contributed by atoms with Gasteiger partial charge in [-0.1, -0.05) is 12.1 Å². The van der Waals surface area contributed by atoms with E-state index >= 15 is 0 Å². The summed E-state index contributed by atoms with van der Waals surface area (Å²) in [5.41, 5.74) is 4.45. The first-order chi connectivity index (χ1) is 8.08. The van der Waals surface area contributed by atoms with Crippen molar-refractivity contribution in [1.29, 1.82) is 0 Å². The zero-order chi connectivity index (χ0) is 12.0. The van der Waals surface area contributed by atoms with Crippen LogP contribution in [0.5, 0.6) is 0 Å². The van der Waals surface area contributed by atoms with E-state index in [1.807, 2.05) is 0 Å². The normalized spacial score (nSPS) is 31.1. The smallest absolute Gasteiger partial charge is 0.0925 e. The molecule has 0 amide bonds. The molecule has 1 aliphatic carbocycles. The molecule has 2 heteroatoms. The molecule has 0 spiro atoms. The van der Waals surface area contributed by atoms with E-state index in [2.05, 4.69) is 26.0 Å². The quantitative estimate of drug-likeness (QED) is 0.795. The molecule has 0 bridgehead atoms. The Balaban J connectivity index is 2.02. The van der Waals surface area contributed by atoms with E-state index in [1.54, 1.807) is 0 Å². The highest BCUT2D eigenvalue weighted by atomic mass is 16.6. The molecule has 1 N–H and O–H groups in total. The van der Waals surface area contributed by atoms with Gasteiger partial charge in [0, 0.05) is 6.42 Å². The Labute approximate surface area is 103 Å². The van der Waals surface area contributed by atoms with Gasteiger partial charge in [0.1, 0.15) is 0 Å². The molecule has 1 aromatic rings. The van der Waals surface area contributed by atoms with Crippen LogP contribution >= 0.6 is 0 Å². The van der Waals surface area contributed by atoms with Crippen molar-refractivity contribution >= 4 is 0 Å². The van der Waals surface area contributed by atoms with Crippen molar-refractivity contribution < 1.29 is 9.84 Å². The molecule has 17 heavy (non-hydrogen) atoms. The van der Waals surface area contributed by atoms with Crippen molar-refractivity contribution in [3.63, 3.8) is 0 Å². The summed E-state index contributed by atoms with van der Waals surface area (Å²) >= 11 is 0. The third-order valence-electron chi connectivity index (χ3n) is 4.23. The fraction of sp³-hybridized carbons (Fsp3) is 0.600. The molecule has 1 fully saturated rings. The first kappa shape index (κ1) is 11.2. The Kier molecular flexibility index (Phi) is 2.53. The summed E-state index contributed by atoms with van der Waals surface area (Å²) < 4.78 is 5.29. The summed E-state index contributed by atoms with van der Waals surface area (Å²) in [5.74, 6) is 0. The summed E-state index contributed by atoms with van der Waals surface area (Å²) in [4.78, 5) is 0. The Bertz CT molecular complexity index is 448. The van der Waals surface area contributed by atoms with Gasteiger partial charge in [0.25, 0.3) is 0 Å². The number of fused-ring (bicyclic) bond motifs is 1. The summed E-state index contributed by atoms with van der Waals surface area (Å²) in [6.45, 7) is 5.09. The van der Waals surface area contributed by atoms with Gasteiger partial charge in [-0.3, -0.25) is 0 Å². The van der Waals surface area contributed by atoms with Gasteiger partial charge in [0.2, 0.25) is 0 Å². The Hall–Kier alpha value is -0.860. The molecule has 2 aliphatic rings. The highest BCUT2D eigenvalue weighted by Gasteiger charge is 2.40. The fourth-order valence-electron chi connectivity index (χ4n) is 3.00. The summed E-state index contributed by atoms with van der Waals surface area (Å²) in [5, 5.41) is 10.9. The van der Waals surface area contributed by atoms with Crippen molar-refractivity contribution in [2.45, 2.75) is 51.2 Å². The number of aliphatic hydroxyl groups is 1. The molecule has 1 heterocycles. The van der Waals surface area contributed by atoms with Crippen LogP contribution in [0.4, 0.5) is 0 Å². The minimum absolute atomic E-state index is 0.285. The number of rotatable bonds is 2. The standard InChI is InChI=1S/C15H20O2/c1-10-6-12-4-3-5-15(16,8-13-9-17-13)14(12)7-11(10)2/h6-7,13,16H,3-5,8-9H2,1-2H3. The van der Waals surface area contributed by atoms with Gasteiger partial charge in [0.05, 0.1) is 18.3 Å². The highest BCUT2D eigenvalue weighted by Crippen LogP contribution is 2.41. The van der Waals surface area contributed by atoms with Crippen LogP contribution in [-0.2, 0) is 16.8 Å². The Morgan fingerprint density at radius 3 is 2.76 bits per heavy atom. The molecule has 2 nitrogen and oxygen atoms in total. The number of benzene rings is 1. The van der Waals surface area contributed by atoms with Gasteiger partial charge < -0.3 is 9.84 Å². The van der Waals surface area contributed by atoms with Crippen LogP contribution in [0.2, 0.25) is 0 Å². The maximum atomic E-state index is 10.9. The lowest BCUT2D eigenvalue weighted by molar-refractivity contribution is 0.00331. The molecule has 0 aromatic heterocycles. The monoisotopic (exact) mass is 232 g/mol. The van der Waals surface area contributed by atoms with E-state index < -0.39 is 5.60 Å². The van der Waals surface area contributed by atoms with Gasteiger partial charge in [-0.2, -0.15) is 0 Å². The van der Waals surface area contributed by atoms with Crippen molar-refractivity contribution in [3.8, 4) is 0 Å². The maximum absolute atomic E-state index is 10.9. The summed E-state index contributed by atoms with van der Waals surface area (Å²) in [7, 11) is 0. The molecular weight excluding hydrogens is 212 g/mol. The maximum Gasteiger partial charge on any atom is 0.0925 e. The summed E-state index contributed by atoms with van der Waals surface area (Å²) in [6, 6.07) is 4.44. The Morgan fingerprint density at radius 2 is 2.06 bits per heavy atom. The SMILES string of the molecule is Cc1cc2c(cc1C)C(O)(CC1CO1)CCC2. The molecule has 2 atom stereocenters. The predicted octanol–water partition coefficient (Wildman–Crippen LogP) is 2.62. The van der Waals surface area contributed by atoms with E-state index in [9.17, 15) is 5.11 Å². The van der Waals surface area contributed by atoms with Crippen molar-refractivity contribution in [2.75, 3.05) is 6.61 Å². The molecule has 1 aliphatic heterocycles. The predicted molar refractivity (Wildman–Crippen MR) is 67.1 cm³/mol. The van der Waals surface area contributed by atoms with Gasteiger partial charge in [0.15, 0.2) is 0 Å². The summed E-state index contributed by atoms with van der Waals surface area (Å²) in [6.07, 6.45) is 4.11. The van der Waals surface area contributed by atoms with E-state index in [1.165, 1.54) is 16.7 Å². The average Bonchev–Trinajstić information content (AvgIpc) is 3.05. The van der Waals surface area contributed by atoms with Crippen molar-refractivity contribution in [1.82, 2.24) is 0 Å². The second-order valence-electron chi connectivity index (χ2n) is 5.64. The van der Waals surface area contributed by atoms with Gasteiger partial charge in [-0.15, -0.1) is 0 Å². The molecule has 3 rings (SSSR count). The molecule has 0 radical (unpaired) electrons. The lowest BCUT2D eigenvalue weighted by atomic mass is 9.75. The molecular formula is C15H20O2. The number of ether oxygens (including phenoxy) is 1. The number of epoxide rings is 1. The van der Waals surface area contributed by atoms with Crippen LogP contribution in [0, 0.1) is 13.8 Å². The molecule has 0 saturated carbocycles. The Morgan fingerprint density at radius 1 is 1.35 bits per heavy atom. The second kappa shape index (κ2) is 3.82. The zero-order valence-corrected chi connectivity index (χ0v) is 10.6. The third-order valence-corrected chi connectivity index (χ3v) is 4.23. The molecule has 2 unspecified atom stereocenters. The number of hydrogen-bond acceptors (Lipinski definition) is 2. The third kappa shape index (κ3) is 2.00. The molecule has 1 saturated heterocycles. The first-order valence-corrected chi connectivity index (χ1v) is 6.53. The van der Waals surface area contributed by atoms with E-state index in [0.29, 0.717) is 0 Å². The van der Waals surface area contributed by atoms with Crippen LogP contribution in [0.1, 0.15) is 41.5 Å². The van der Waals surface area contributed by atoms with Crippen LogP contribution in [-0.4, -0.2) is 17.8 Å². The van der Waals surface area contributed by atoms with Crippen LogP contribution in [0.3, 0.4) is 0 Å². The zero-order valence-electron chi connectivity index (χ0n) is 10.6. The highest BCUT2D eigenvalue weighted by molar-refractivity contribution is 5.42. The first-order valence-electron chi connectivity index (χ1n) is 6.53. The largest absolute Gasteiger partial charge is 0.385 e. The lowest BCUT2D eigenvalue weighted by Crippen LogP contribution is -2.32. The molecule has 92 valence electrons. The van der Waals surface area contributed by atoms with E-state index in [0.717, 1.165) is 37.9 Å². The fourth-order valence-corrected chi connectivity index (χ4v) is 3.00. The van der Waals surface area contributed by atoms with Gasteiger partial charge >= 0.3 is 0 Å². The van der Waals surface area contributed by atoms with Gasteiger partial charge in [-0.25, -0.2) is 0 Å². The topological polar surface area (TPSA) is 32.8 Å². The van der Waals surface area contributed by atoms with E-state index in [4.69, 9.17) is 4.74 Å². The van der Waals surface area contributed by atoms with Crippen LogP contribution in [0.15, 0.2) is 12.1 Å². The second-order valence-corrected chi connectivity index (χ2v) is 5.64. The van der Waals surface area contributed by atoms with Crippen molar-refractivity contribution in [2.24, 2.45) is 0 Å². The minimum Gasteiger partial charge on any atom is -0.385 e. The van der Waals surface area contributed by atoms with Crippen molar-refractivity contribution in [3.05, 3.63) is 34.4 Å². The van der Waals surface area contributed by atoms with Gasteiger partial charge in [-0.05, 0) is 55.4 Å². The van der Waals surface area contributed by atoms with E-state index in [-0.39, 0.29) is 6.10 Å². The molecule has 1 aromatic carbocycles. The van der Waals surface area contributed by atoms with Crippen LogP contribution < -0.4 is 0 Å². The number of aryl methyl sites for hydroxylation is 3. The minimum atomic E-state index is -0.646.